The summed E-state index contributed by atoms with van der Waals surface area (Å²) in [5.74, 6) is -0.421. The molecule has 0 atom stereocenters. The molecule has 0 amide bonds. The van der Waals surface area contributed by atoms with Gasteiger partial charge in [0.1, 0.15) is 0 Å². The van der Waals surface area contributed by atoms with Crippen molar-refractivity contribution in [2.45, 2.75) is 0 Å². The van der Waals surface area contributed by atoms with E-state index >= 15 is 0 Å². The van der Waals surface area contributed by atoms with Crippen molar-refractivity contribution in [1.29, 1.82) is 0 Å². The molecule has 3 nitrogen and oxygen atoms in total. The van der Waals surface area contributed by atoms with Gasteiger partial charge in [-0.3, -0.25) is 9.59 Å². The number of rotatable bonds is 4. The molecule has 43 heavy (non-hydrogen) atoms. The molecule has 0 N–H and O–H groups in total. The molecular weight excluding hydrogens is 526 g/mol. The van der Waals surface area contributed by atoms with Gasteiger partial charge in [0.05, 0.1) is 5.57 Å². The van der Waals surface area contributed by atoms with Gasteiger partial charge in [-0.15, -0.1) is 0 Å². The standard InChI is InChI=1S/C40H25NO2/c42-39-36-11-5-6-12-37(36)40(43)38(39)22-26-13-14-32-25-35(20-17-31(32)21-26)41(33-18-15-27-7-1-3-9-29(27)23-33)34-19-16-28-8-2-4-10-30(28)24-34/h1-25H. The van der Waals surface area contributed by atoms with Crippen LogP contribution in [0.25, 0.3) is 38.4 Å². The number of nitrogens with zero attached hydrogens (tertiary/aromatic N) is 1. The average Bonchev–Trinajstić information content (AvgIpc) is 3.29. The molecule has 0 radical (unpaired) electrons. The summed E-state index contributed by atoms with van der Waals surface area (Å²) in [6.07, 6.45) is 1.72. The van der Waals surface area contributed by atoms with Gasteiger partial charge >= 0.3 is 0 Å². The number of fused-ring (bicyclic) bond motifs is 4. The number of ketones is 2. The zero-order valence-corrected chi connectivity index (χ0v) is 23.2. The Bertz CT molecular complexity index is 2180. The van der Waals surface area contributed by atoms with Crippen molar-refractivity contribution < 1.29 is 9.59 Å². The number of hydrogen-bond acceptors (Lipinski definition) is 3. The van der Waals surface area contributed by atoms with Crippen molar-refractivity contribution in [3.63, 3.8) is 0 Å². The quantitative estimate of drug-likeness (QED) is 0.161. The number of anilines is 3. The number of hydrogen-bond donors (Lipinski definition) is 0. The molecule has 3 heteroatoms. The first-order valence-corrected chi connectivity index (χ1v) is 14.3. The van der Waals surface area contributed by atoms with E-state index in [1.807, 2.05) is 12.1 Å². The molecule has 202 valence electrons. The molecule has 0 heterocycles. The second-order valence-corrected chi connectivity index (χ2v) is 11.0. The van der Waals surface area contributed by atoms with Crippen LogP contribution >= 0.6 is 0 Å². The molecule has 0 aromatic heterocycles. The van der Waals surface area contributed by atoms with Crippen molar-refractivity contribution in [3.8, 4) is 0 Å². The van der Waals surface area contributed by atoms with E-state index in [-0.39, 0.29) is 17.1 Å². The molecule has 8 rings (SSSR count). The maximum absolute atomic E-state index is 12.9. The molecule has 7 aromatic carbocycles. The van der Waals surface area contributed by atoms with Crippen LogP contribution in [0.1, 0.15) is 26.3 Å². The largest absolute Gasteiger partial charge is 0.310 e. The fourth-order valence-corrected chi connectivity index (χ4v) is 6.13. The van der Waals surface area contributed by atoms with Gasteiger partial charge in [0.2, 0.25) is 0 Å². The first-order valence-electron chi connectivity index (χ1n) is 14.3. The van der Waals surface area contributed by atoms with Gasteiger partial charge in [-0.25, -0.2) is 0 Å². The number of carbonyl (C=O) groups is 2. The van der Waals surface area contributed by atoms with E-state index in [1.54, 1.807) is 30.3 Å². The lowest BCUT2D eigenvalue weighted by atomic mass is 10.0. The van der Waals surface area contributed by atoms with Gasteiger partial charge in [-0.05, 0) is 86.4 Å². The van der Waals surface area contributed by atoms with E-state index < -0.39 is 0 Å². The summed E-state index contributed by atoms with van der Waals surface area (Å²) in [6, 6.07) is 49.5. The van der Waals surface area contributed by atoms with Crippen LogP contribution in [0.4, 0.5) is 17.1 Å². The van der Waals surface area contributed by atoms with E-state index in [2.05, 4.69) is 114 Å². The van der Waals surface area contributed by atoms with E-state index in [0.717, 1.165) is 33.4 Å². The first kappa shape index (κ1) is 25.0. The molecule has 0 fully saturated rings. The van der Waals surface area contributed by atoms with Crippen molar-refractivity contribution in [3.05, 3.63) is 168 Å². The fraction of sp³-hybridized carbons (Fsp3) is 0. The van der Waals surface area contributed by atoms with Crippen LogP contribution in [0.2, 0.25) is 0 Å². The Morgan fingerprint density at radius 3 is 1.33 bits per heavy atom. The highest BCUT2D eigenvalue weighted by Gasteiger charge is 2.32. The number of Topliss-reactive ketones (excluding diaryl/α,β-unsaturated/α-hetero) is 2. The summed E-state index contributed by atoms with van der Waals surface area (Å²) in [4.78, 5) is 28.2. The van der Waals surface area contributed by atoms with Crippen molar-refractivity contribution in [2.75, 3.05) is 4.90 Å². The van der Waals surface area contributed by atoms with Gasteiger partial charge < -0.3 is 4.90 Å². The summed E-state index contributed by atoms with van der Waals surface area (Å²) in [6.45, 7) is 0. The summed E-state index contributed by atoms with van der Waals surface area (Å²) >= 11 is 0. The van der Waals surface area contributed by atoms with Crippen molar-refractivity contribution in [2.24, 2.45) is 0 Å². The van der Waals surface area contributed by atoms with Crippen LogP contribution in [0.15, 0.2) is 151 Å². The lowest BCUT2D eigenvalue weighted by Crippen LogP contribution is -2.10. The highest BCUT2D eigenvalue weighted by molar-refractivity contribution is 6.41. The van der Waals surface area contributed by atoms with E-state index in [0.29, 0.717) is 11.1 Å². The molecule has 7 aromatic rings. The highest BCUT2D eigenvalue weighted by atomic mass is 16.2. The van der Waals surface area contributed by atoms with Gasteiger partial charge in [-0.1, -0.05) is 103 Å². The summed E-state index contributed by atoms with van der Waals surface area (Å²) in [5.41, 5.74) is 5.20. The van der Waals surface area contributed by atoms with Gasteiger partial charge in [0.25, 0.3) is 0 Å². The third kappa shape index (κ3) is 4.30. The van der Waals surface area contributed by atoms with E-state index in [9.17, 15) is 9.59 Å². The Morgan fingerprint density at radius 1 is 0.395 bits per heavy atom. The summed E-state index contributed by atoms with van der Waals surface area (Å²) < 4.78 is 0. The lowest BCUT2D eigenvalue weighted by molar-refractivity contribution is 0.0990. The van der Waals surface area contributed by atoms with Crippen molar-refractivity contribution in [1.82, 2.24) is 0 Å². The molecule has 0 saturated heterocycles. The maximum Gasteiger partial charge on any atom is 0.197 e. The molecule has 0 saturated carbocycles. The average molecular weight is 552 g/mol. The molecule has 0 unspecified atom stereocenters. The Morgan fingerprint density at radius 2 is 0.791 bits per heavy atom. The van der Waals surface area contributed by atoms with Gasteiger partial charge in [-0.2, -0.15) is 0 Å². The van der Waals surface area contributed by atoms with Crippen molar-refractivity contribution >= 4 is 67.0 Å². The predicted molar refractivity (Wildman–Crippen MR) is 177 cm³/mol. The Balaban J connectivity index is 1.22. The van der Waals surface area contributed by atoms with Crippen LogP contribution in [-0.2, 0) is 0 Å². The Hall–Kier alpha value is -5.80. The molecule has 1 aliphatic carbocycles. The number of carbonyl (C=O) groups excluding carboxylic acids is 2. The lowest BCUT2D eigenvalue weighted by Gasteiger charge is -2.26. The monoisotopic (exact) mass is 551 g/mol. The number of allylic oxidation sites excluding steroid dienone is 1. The minimum Gasteiger partial charge on any atom is -0.310 e. The highest BCUT2D eigenvalue weighted by Crippen LogP contribution is 2.39. The fourth-order valence-electron chi connectivity index (χ4n) is 6.13. The third-order valence-corrected chi connectivity index (χ3v) is 8.31. The SMILES string of the molecule is O=C1C(=Cc2ccc3cc(N(c4ccc5ccccc5c4)c4ccc5ccccc5c4)ccc3c2)C(=O)c2ccccc21. The zero-order valence-electron chi connectivity index (χ0n) is 23.2. The summed E-state index contributed by atoms with van der Waals surface area (Å²) in [7, 11) is 0. The second-order valence-electron chi connectivity index (χ2n) is 11.0. The van der Waals surface area contributed by atoms with Gasteiger partial charge in [0, 0.05) is 28.2 Å². The van der Waals surface area contributed by atoms with Crippen LogP contribution < -0.4 is 4.90 Å². The summed E-state index contributed by atoms with van der Waals surface area (Å²) in [5, 5.41) is 6.87. The van der Waals surface area contributed by atoms with Gasteiger partial charge in [0.15, 0.2) is 11.6 Å². The number of benzene rings is 7. The topological polar surface area (TPSA) is 37.4 Å². The molecule has 0 bridgehead atoms. The normalized spacial score (nSPS) is 12.7. The molecule has 0 spiro atoms. The smallest absolute Gasteiger partial charge is 0.197 e. The second kappa shape index (κ2) is 9.93. The minimum absolute atomic E-state index is 0.211. The zero-order chi connectivity index (χ0) is 28.9. The first-order chi connectivity index (χ1) is 21.1. The van der Waals surface area contributed by atoms with E-state index in [1.165, 1.54) is 21.5 Å². The third-order valence-electron chi connectivity index (χ3n) is 8.31. The molecule has 0 aliphatic heterocycles. The minimum atomic E-state index is -0.211. The van der Waals surface area contributed by atoms with Crippen LogP contribution in [0, 0.1) is 0 Å². The molecule has 1 aliphatic rings. The Labute approximate surface area is 248 Å². The van der Waals surface area contributed by atoms with E-state index in [4.69, 9.17) is 0 Å². The molecular formula is C40H25NO2. The maximum atomic E-state index is 12.9. The Kier molecular flexibility index (Phi) is 5.76. The van der Waals surface area contributed by atoms with Crippen LogP contribution in [-0.4, -0.2) is 11.6 Å². The van der Waals surface area contributed by atoms with Crippen LogP contribution in [0.5, 0.6) is 0 Å². The predicted octanol–water partition coefficient (Wildman–Crippen LogP) is 10.1. The van der Waals surface area contributed by atoms with Crippen LogP contribution in [0.3, 0.4) is 0 Å².